The Balaban J connectivity index is 1.84. The lowest BCUT2D eigenvalue weighted by molar-refractivity contribution is 0.0973. The minimum Gasteiger partial charge on any atom is -0.306 e. The average molecular weight is 384 g/mol. The van der Waals surface area contributed by atoms with Crippen molar-refractivity contribution in [1.82, 2.24) is 9.78 Å². The van der Waals surface area contributed by atoms with Gasteiger partial charge in [0, 0.05) is 29.1 Å². The van der Waals surface area contributed by atoms with Crippen LogP contribution in [-0.4, -0.2) is 22.2 Å². The molecule has 0 saturated heterocycles. The van der Waals surface area contributed by atoms with Crippen molar-refractivity contribution < 1.29 is 4.79 Å². The highest BCUT2D eigenvalue weighted by Gasteiger charge is 2.29. The van der Waals surface area contributed by atoms with E-state index in [9.17, 15) is 4.79 Å². The molecule has 0 fully saturated rings. The maximum Gasteiger partial charge on any atom is 0.277 e. The van der Waals surface area contributed by atoms with Crippen LogP contribution in [-0.2, 0) is 13.5 Å². The lowest BCUT2D eigenvalue weighted by Crippen LogP contribution is -2.40. The Morgan fingerprint density at radius 3 is 2.88 bits per heavy atom. The number of aryl methyl sites for hydroxylation is 1. The highest BCUT2D eigenvalue weighted by molar-refractivity contribution is 9.10. The number of amides is 1. The van der Waals surface area contributed by atoms with Crippen molar-refractivity contribution >= 4 is 38.4 Å². The van der Waals surface area contributed by atoms with Gasteiger partial charge < -0.3 is 4.90 Å². The van der Waals surface area contributed by atoms with E-state index in [1.807, 2.05) is 48.3 Å². The zero-order valence-corrected chi connectivity index (χ0v) is 15.2. The molecule has 1 aromatic heterocycles. The van der Waals surface area contributed by atoms with E-state index in [0.717, 1.165) is 34.0 Å². The summed E-state index contributed by atoms with van der Waals surface area (Å²) in [6.07, 6.45) is 1.01. The molecule has 0 radical (unpaired) electrons. The summed E-state index contributed by atoms with van der Waals surface area (Å²) in [4.78, 5) is 15.2. The summed E-state index contributed by atoms with van der Waals surface area (Å²) < 4.78 is 2.66. The van der Waals surface area contributed by atoms with Crippen molar-refractivity contribution in [2.45, 2.75) is 13.3 Å². The van der Waals surface area contributed by atoms with E-state index in [2.05, 4.69) is 34.0 Å². The molecule has 0 bridgehead atoms. The van der Waals surface area contributed by atoms with Crippen molar-refractivity contribution in [3.05, 3.63) is 58.2 Å². The molecule has 1 aliphatic rings. The van der Waals surface area contributed by atoms with Gasteiger partial charge in [-0.3, -0.25) is 9.48 Å². The summed E-state index contributed by atoms with van der Waals surface area (Å²) in [5, 5.41) is 5.39. The number of hydrogen-bond donors (Lipinski definition) is 0. The molecule has 122 valence electrons. The Hall–Kier alpha value is -2.14. The number of hydrogen-bond acceptors (Lipinski definition) is 2. The second-order valence-corrected chi connectivity index (χ2v) is 7.40. The maximum absolute atomic E-state index is 13.3. The third-order valence-corrected chi connectivity index (χ3v) is 5.08. The lowest BCUT2D eigenvalue weighted by Gasteiger charge is -2.33. The number of halogens is 1. The fraction of sp³-hybridized carbons (Fsp3) is 0.263. The number of benzene rings is 2. The minimum absolute atomic E-state index is 0.0151. The first-order valence-corrected chi connectivity index (χ1v) is 8.86. The van der Waals surface area contributed by atoms with Crippen LogP contribution >= 0.6 is 15.9 Å². The van der Waals surface area contributed by atoms with Crippen LogP contribution in [0.5, 0.6) is 0 Å². The first-order valence-electron chi connectivity index (χ1n) is 8.06. The molecule has 2 aromatic carbocycles. The van der Waals surface area contributed by atoms with Crippen LogP contribution in [0, 0.1) is 5.92 Å². The largest absolute Gasteiger partial charge is 0.306 e. The average Bonchev–Trinajstić information content (AvgIpc) is 2.88. The van der Waals surface area contributed by atoms with E-state index >= 15 is 0 Å². The third-order valence-electron chi connectivity index (χ3n) is 4.59. The van der Waals surface area contributed by atoms with Crippen LogP contribution < -0.4 is 4.90 Å². The molecule has 0 saturated carbocycles. The predicted octanol–water partition coefficient (Wildman–Crippen LogP) is 4.17. The zero-order chi connectivity index (χ0) is 16.8. The van der Waals surface area contributed by atoms with Gasteiger partial charge in [0.1, 0.15) is 5.69 Å². The molecule has 4 rings (SSSR count). The molecule has 1 unspecified atom stereocenters. The Labute approximate surface area is 149 Å². The molecule has 4 nitrogen and oxygen atoms in total. The molecule has 2 heterocycles. The van der Waals surface area contributed by atoms with Gasteiger partial charge in [0.05, 0.1) is 5.52 Å². The quantitative estimate of drug-likeness (QED) is 0.632. The standard InChI is InChI=1S/C19H18BrN3O/c1-12-9-13-5-3-4-6-17(13)23(11-12)19(24)18-15-8-7-14(20)10-16(15)21-22(18)2/h3-8,10,12H,9,11H2,1-2H3. The topological polar surface area (TPSA) is 38.1 Å². The summed E-state index contributed by atoms with van der Waals surface area (Å²) in [6.45, 7) is 2.92. The SMILES string of the molecule is CC1Cc2ccccc2N(C(=O)c2c3ccc(Br)cc3nn2C)C1. The van der Waals surface area contributed by atoms with Gasteiger partial charge >= 0.3 is 0 Å². The highest BCUT2D eigenvalue weighted by atomic mass is 79.9. The van der Waals surface area contributed by atoms with Crippen LogP contribution in [0.25, 0.3) is 10.9 Å². The summed E-state index contributed by atoms with van der Waals surface area (Å²) >= 11 is 3.46. The van der Waals surface area contributed by atoms with Crippen LogP contribution in [0.3, 0.4) is 0 Å². The molecule has 0 aliphatic carbocycles. The van der Waals surface area contributed by atoms with Crippen LogP contribution in [0.2, 0.25) is 0 Å². The summed E-state index contributed by atoms with van der Waals surface area (Å²) in [5.74, 6) is 0.457. The van der Waals surface area contributed by atoms with Gasteiger partial charge in [-0.2, -0.15) is 5.10 Å². The molecule has 0 N–H and O–H groups in total. The number of carbonyl (C=O) groups is 1. The molecular formula is C19H18BrN3O. The first-order chi connectivity index (χ1) is 11.5. The molecule has 1 atom stereocenters. The van der Waals surface area contributed by atoms with Gasteiger partial charge in [0.15, 0.2) is 0 Å². The molecule has 24 heavy (non-hydrogen) atoms. The molecule has 3 aromatic rings. The maximum atomic E-state index is 13.3. The fourth-order valence-corrected chi connectivity index (χ4v) is 3.89. The molecule has 0 spiro atoms. The number of nitrogens with zero attached hydrogens (tertiary/aromatic N) is 3. The van der Waals surface area contributed by atoms with Crippen LogP contribution in [0.4, 0.5) is 5.69 Å². The smallest absolute Gasteiger partial charge is 0.277 e. The molecule has 5 heteroatoms. The van der Waals surface area contributed by atoms with E-state index < -0.39 is 0 Å². The van der Waals surface area contributed by atoms with Crippen molar-refractivity contribution in [1.29, 1.82) is 0 Å². The summed E-state index contributed by atoms with van der Waals surface area (Å²) in [5.41, 5.74) is 3.72. The Kier molecular flexibility index (Phi) is 3.68. The van der Waals surface area contributed by atoms with E-state index in [0.29, 0.717) is 11.6 Å². The Morgan fingerprint density at radius 2 is 2.04 bits per heavy atom. The fourth-order valence-electron chi connectivity index (χ4n) is 3.54. The predicted molar refractivity (Wildman–Crippen MR) is 99.4 cm³/mol. The van der Waals surface area contributed by atoms with Crippen molar-refractivity contribution in [3.8, 4) is 0 Å². The number of para-hydroxylation sites is 1. The first kappa shape index (κ1) is 15.4. The third kappa shape index (κ3) is 2.44. The summed E-state index contributed by atoms with van der Waals surface area (Å²) in [7, 11) is 1.83. The normalized spacial score (nSPS) is 17.1. The number of anilines is 1. The van der Waals surface area contributed by atoms with Crippen molar-refractivity contribution in [2.24, 2.45) is 13.0 Å². The van der Waals surface area contributed by atoms with Crippen LogP contribution in [0.15, 0.2) is 46.9 Å². The molecule has 1 amide bonds. The zero-order valence-electron chi connectivity index (χ0n) is 13.7. The van der Waals surface area contributed by atoms with E-state index in [-0.39, 0.29) is 5.91 Å². The molecule has 1 aliphatic heterocycles. The van der Waals surface area contributed by atoms with Crippen LogP contribution in [0.1, 0.15) is 23.0 Å². The second-order valence-electron chi connectivity index (χ2n) is 6.49. The Morgan fingerprint density at radius 1 is 1.25 bits per heavy atom. The minimum atomic E-state index is 0.0151. The van der Waals surface area contributed by atoms with Crippen molar-refractivity contribution in [3.63, 3.8) is 0 Å². The molecular weight excluding hydrogens is 366 g/mol. The van der Waals surface area contributed by atoms with Gasteiger partial charge in [-0.25, -0.2) is 0 Å². The number of rotatable bonds is 1. The van der Waals surface area contributed by atoms with E-state index in [1.54, 1.807) is 4.68 Å². The van der Waals surface area contributed by atoms with Gasteiger partial charge in [-0.05, 0) is 42.2 Å². The van der Waals surface area contributed by atoms with Gasteiger partial charge in [0.2, 0.25) is 0 Å². The number of carbonyl (C=O) groups excluding carboxylic acids is 1. The van der Waals surface area contributed by atoms with Gasteiger partial charge in [-0.1, -0.05) is 41.1 Å². The monoisotopic (exact) mass is 383 g/mol. The Bertz CT molecular complexity index is 947. The van der Waals surface area contributed by atoms with E-state index in [4.69, 9.17) is 0 Å². The summed E-state index contributed by atoms with van der Waals surface area (Å²) in [6, 6.07) is 14.0. The van der Waals surface area contributed by atoms with E-state index in [1.165, 1.54) is 5.56 Å². The highest BCUT2D eigenvalue weighted by Crippen LogP contribution is 2.32. The second kappa shape index (κ2) is 5.74. The number of fused-ring (bicyclic) bond motifs is 2. The van der Waals surface area contributed by atoms with Gasteiger partial charge in [0.25, 0.3) is 5.91 Å². The number of aromatic nitrogens is 2. The van der Waals surface area contributed by atoms with Crippen molar-refractivity contribution in [2.75, 3.05) is 11.4 Å². The van der Waals surface area contributed by atoms with Gasteiger partial charge in [-0.15, -0.1) is 0 Å². The lowest BCUT2D eigenvalue weighted by atomic mass is 9.93.